The van der Waals surface area contributed by atoms with E-state index in [2.05, 4.69) is 16.0 Å². The second kappa shape index (κ2) is 9.52. The third-order valence-electron chi connectivity index (χ3n) is 7.10. The molecule has 0 saturated carbocycles. The molecule has 35 heavy (non-hydrogen) atoms. The molecule has 1 amide bonds. The highest BCUT2D eigenvalue weighted by Crippen LogP contribution is 2.38. The Labute approximate surface area is 202 Å². The highest BCUT2D eigenvalue weighted by Gasteiger charge is 2.38. The zero-order valence-electron chi connectivity index (χ0n) is 19.8. The van der Waals surface area contributed by atoms with Gasteiger partial charge in [0, 0.05) is 35.3 Å². The number of halogens is 1. The maximum absolute atomic E-state index is 14.0. The van der Waals surface area contributed by atoms with E-state index >= 15 is 0 Å². The molecule has 1 saturated heterocycles. The van der Waals surface area contributed by atoms with Crippen LogP contribution < -0.4 is 4.74 Å². The number of carbonyl (C=O) groups is 2. The summed E-state index contributed by atoms with van der Waals surface area (Å²) < 4.78 is 24.4. The summed E-state index contributed by atoms with van der Waals surface area (Å²) in [6.07, 6.45) is 7.34. The summed E-state index contributed by atoms with van der Waals surface area (Å²) in [5.41, 5.74) is 4.27. The fourth-order valence-electron chi connectivity index (χ4n) is 5.27. The van der Waals surface area contributed by atoms with Gasteiger partial charge in [-0.1, -0.05) is 6.08 Å². The second-order valence-corrected chi connectivity index (χ2v) is 9.06. The van der Waals surface area contributed by atoms with E-state index in [-0.39, 0.29) is 23.6 Å². The number of allylic oxidation sites excluding steroid dienone is 2. The average molecular weight is 478 g/mol. The van der Waals surface area contributed by atoms with Gasteiger partial charge in [0.1, 0.15) is 23.3 Å². The fourth-order valence-corrected chi connectivity index (χ4v) is 5.27. The summed E-state index contributed by atoms with van der Waals surface area (Å²) in [5, 5.41) is 0.878. The summed E-state index contributed by atoms with van der Waals surface area (Å²) in [7, 11) is 2.93. The molecule has 1 fully saturated rings. The predicted molar refractivity (Wildman–Crippen MR) is 130 cm³/mol. The molecule has 1 aliphatic heterocycles. The van der Waals surface area contributed by atoms with Crippen molar-refractivity contribution in [3.05, 3.63) is 54.1 Å². The number of aromatic nitrogens is 2. The zero-order valence-corrected chi connectivity index (χ0v) is 19.8. The number of amides is 1. The van der Waals surface area contributed by atoms with Gasteiger partial charge < -0.3 is 19.4 Å². The lowest BCUT2D eigenvalue weighted by molar-refractivity contribution is -0.152. The molecule has 5 rings (SSSR count). The lowest BCUT2D eigenvalue weighted by atomic mass is 9.87. The van der Waals surface area contributed by atoms with Crippen LogP contribution in [0.5, 0.6) is 5.75 Å². The number of rotatable bonds is 5. The van der Waals surface area contributed by atoms with Crippen LogP contribution in [0.3, 0.4) is 0 Å². The number of H-pyrrole nitrogens is 1. The quantitative estimate of drug-likeness (QED) is 0.538. The largest absolute Gasteiger partial charge is 0.496 e. The van der Waals surface area contributed by atoms with Crippen molar-refractivity contribution in [1.82, 2.24) is 14.9 Å². The molecule has 1 aromatic carbocycles. The Hall–Kier alpha value is -3.68. The van der Waals surface area contributed by atoms with Crippen LogP contribution in [0.25, 0.3) is 27.7 Å². The van der Waals surface area contributed by atoms with Gasteiger partial charge in [-0.2, -0.15) is 0 Å². The maximum atomic E-state index is 14.0. The molecule has 2 atom stereocenters. The lowest BCUT2D eigenvalue weighted by Crippen LogP contribution is -2.44. The van der Waals surface area contributed by atoms with E-state index in [0.29, 0.717) is 42.8 Å². The molecule has 3 heterocycles. The number of hydrogen-bond donors (Lipinski definition) is 1. The van der Waals surface area contributed by atoms with Crippen LogP contribution in [-0.2, 0) is 14.3 Å². The Morgan fingerprint density at radius 3 is 2.74 bits per heavy atom. The first-order chi connectivity index (χ1) is 17.0. The topological polar surface area (TPSA) is 84.5 Å². The van der Waals surface area contributed by atoms with Crippen molar-refractivity contribution in [3.8, 4) is 16.9 Å². The van der Waals surface area contributed by atoms with Crippen LogP contribution in [0.2, 0.25) is 0 Å². The van der Waals surface area contributed by atoms with Crippen LogP contribution >= 0.6 is 0 Å². The SMILES string of the molecule is COC(=O)[C@@H]1CCCN1C(=O)C1CC=C(c2cc3c(-c4cc(F)ccc4OC)ccnc3[nH]2)CC1. The number of nitrogens with zero attached hydrogens (tertiary/aromatic N) is 2. The van der Waals surface area contributed by atoms with E-state index in [1.54, 1.807) is 24.3 Å². The average Bonchev–Trinajstić information content (AvgIpc) is 3.55. The van der Waals surface area contributed by atoms with Crippen molar-refractivity contribution < 1.29 is 23.5 Å². The third-order valence-corrected chi connectivity index (χ3v) is 7.10. The monoisotopic (exact) mass is 477 g/mol. The summed E-state index contributed by atoms with van der Waals surface area (Å²) >= 11 is 0. The van der Waals surface area contributed by atoms with E-state index in [4.69, 9.17) is 9.47 Å². The molecular formula is C27H28FN3O4. The summed E-state index contributed by atoms with van der Waals surface area (Å²) in [5.74, 6) is -0.184. The summed E-state index contributed by atoms with van der Waals surface area (Å²) in [4.78, 5) is 34.7. The number of nitrogens with one attached hydrogen (secondary N) is 1. The highest BCUT2D eigenvalue weighted by molar-refractivity contribution is 5.97. The number of esters is 1. The van der Waals surface area contributed by atoms with Crippen molar-refractivity contribution in [2.24, 2.45) is 5.92 Å². The summed E-state index contributed by atoms with van der Waals surface area (Å²) in [6.45, 7) is 0.603. The zero-order chi connectivity index (χ0) is 24.5. The maximum Gasteiger partial charge on any atom is 0.328 e. The first kappa shape index (κ1) is 23.1. The normalized spacial score (nSPS) is 20.1. The van der Waals surface area contributed by atoms with E-state index in [0.717, 1.165) is 35.1 Å². The fraction of sp³-hybridized carbons (Fsp3) is 0.370. The summed E-state index contributed by atoms with van der Waals surface area (Å²) in [6, 6.07) is 7.89. The molecule has 182 valence electrons. The molecule has 0 spiro atoms. The van der Waals surface area contributed by atoms with Crippen LogP contribution in [0.15, 0.2) is 42.6 Å². The van der Waals surface area contributed by atoms with Gasteiger partial charge >= 0.3 is 5.97 Å². The first-order valence-corrected chi connectivity index (χ1v) is 11.9. The molecule has 1 unspecified atom stereocenters. The van der Waals surface area contributed by atoms with Crippen LogP contribution in [-0.4, -0.2) is 53.6 Å². The molecule has 1 aliphatic carbocycles. The van der Waals surface area contributed by atoms with Crippen molar-refractivity contribution in [2.75, 3.05) is 20.8 Å². The van der Waals surface area contributed by atoms with E-state index in [1.807, 2.05) is 12.1 Å². The molecule has 2 aliphatic rings. The van der Waals surface area contributed by atoms with Gasteiger partial charge in [-0.05, 0) is 73.6 Å². The van der Waals surface area contributed by atoms with E-state index < -0.39 is 6.04 Å². The molecule has 0 bridgehead atoms. The number of ether oxygens (including phenoxy) is 2. The number of aromatic amines is 1. The number of hydrogen-bond acceptors (Lipinski definition) is 5. The van der Waals surface area contributed by atoms with Gasteiger partial charge in [0.15, 0.2) is 0 Å². The number of pyridine rings is 1. The van der Waals surface area contributed by atoms with Gasteiger partial charge in [0.05, 0.1) is 14.2 Å². The lowest BCUT2D eigenvalue weighted by Gasteiger charge is -2.29. The predicted octanol–water partition coefficient (Wildman–Crippen LogP) is 4.73. The molecule has 2 aromatic heterocycles. The van der Waals surface area contributed by atoms with Crippen LogP contribution in [0.1, 0.15) is 37.8 Å². The van der Waals surface area contributed by atoms with Crippen LogP contribution in [0.4, 0.5) is 4.39 Å². The second-order valence-electron chi connectivity index (χ2n) is 9.06. The van der Waals surface area contributed by atoms with Gasteiger partial charge in [-0.25, -0.2) is 14.2 Å². The van der Waals surface area contributed by atoms with E-state index in [1.165, 1.54) is 19.2 Å². The van der Waals surface area contributed by atoms with Crippen molar-refractivity contribution >= 4 is 28.5 Å². The standard InChI is InChI=1S/C27H28FN3O4/c1-34-24-10-9-18(28)14-20(24)19-11-12-29-25-21(19)15-22(30-25)16-5-7-17(8-6-16)26(32)31-13-3-4-23(31)27(33)35-2/h5,9-12,14-15,17,23H,3-4,6-8,13H2,1-2H3,(H,29,30)/t17?,23-/m0/s1. The molecule has 0 radical (unpaired) electrons. The number of benzene rings is 1. The minimum atomic E-state index is -0.462. The van der Waals surface area contributed by atoms with Gasteiger partial charge in [0.2, 0.25) is 5.91 Å². The van der Waals surface area contributed by atoms with Gasteiger partial charge in [0.25, 0.3) is 0 Å². The minimum Gasteiger partial charge on any atom is -0.496 e. The Balaban J connectivity index is 1.39. The first-order valence-electron chi connectivity index (χ1n) is 11.9. The number of carbonyl (C=O) groups excluding carboxylic acids is 2. The van der Waals surface area contributed by atoms with E-state index in [9.17, 15) is 14.0 Å². The Kier molecular flexibility index (Phi) is 6.28. The Morgan fingerprint density at radius 2 is 2.00 bits per heavy atom. The number of likely N-dealkylation sites (tertiary alicyclic amines) is 1. The van der Waals surface area contributed by atoms with Gasteiger partial charge in [-0.3, -0.25) is 4.79 Å². The van der Waals surface area contributed by atoms with Crippen molar-refractivity contribution in [3.63, 3.8) is 0 Å². The molecular weight excluding hydrogens is 449 g/mol. The van der Waals surface area contributed by atoms with Gasteiger partial charge in [-0.15, -0.1) is 0 Å². The molecule has 1 N–H and O–H groups in total. The molecule has 3 aromatic rings. The molecule has 8 heteroatoms. The smallest absolute Gasteiger partial charge is 0.328 e. The van der Waals surface area contributed by atoms with Crippen molar-refractivity contribution in [1.29, 1.82) is 0 Å². The Morgan fingerprint density at radius 1 is 1.14 bits per heavy atom. The number of methoxy groups -OCH3 is 2. The number of fused-ring (bicyclic) bond motifs is 1. The Bertz CT molecular complexity index is 1310. The molecule has 7 nitrogen and oxygen atoms in total. The van der Waals surface area contributed by atoms with Crippen molar-refractivity contribution in [2.45, 2.75) is 38.1 Å². The minimum absolute atomic E-state index is 0.0343. The highest BCUT2D eigenvalue weighted by atomic mass is 19.1. The van der Waals surface area contributed by atoms with Crippen LogP contribution in [0, 0.1) is 11.7 Å². The third kappa shape index (κ3) is 4.29.